The van der Waals surface area contributed by atoms with Crippen LogP contribution in [0.4, 0.5) is 0 Å². The monoisotopic (exact) mass is 229 g/mol. The predicted octanol–water partition coefficient (Wildman–Crippen LogP) is 1.47. The van der Waals surface area contributed by atoms with Gasteiger partial charge in [-0.05, 0) is 12.1 Å². The topological polar surface area (TPSA) is 77.3 Å². The van der Waals surface area contributed by atoms with Crippen LogP contribution in [-0.2, 0) is 9.84 Å². The van der Waals surface area contributed by atoms with E-state index >= 15 is 0 Å². The summed E-state index contributed by atoms with van der Waals surface area (Å²) in [5.41, 5.74) is 0. The normalized spacial score (nSPS) is 13.4. The van der Waals surface area contributed by atoms with Gasteiger partial charge in [-0.1, -0.05) is 25.1 Å². The van der Waals surface area contributed by atoms with Crippen LogP contribution in [0.1, 0.15) is 13.3 Å². The van der Waals surface area contributed by atoms with E-state index in [0.717, 1.165) is 0 Å². The van der Waals surface area contributed by atoms with E-state index in [-0.39, 0.29) is 11.3 Å². The molecule has 0 aliphatic heterocycles. The van der Waals surface area contributed by atoms with Crippen molar-refractivity contribution in [3.63, 3.8) is 0 Å². The average molecular weight is 229 g/mol. The van der Waals surface area contributed by atoms with Crippen LogP contribution in [0.15, 0.2) is 35.2 Å². The molecule has 6 heteroatoms. The van der Waals surface area contributed by atoms with Crippen molar-refractivity contribution in [3.05, 3.63) is 40.4 Å². The quantitative estimate of drug-likeness (QED) is 0.578. The summed E-state index contributed by atoms with van der Waals surface area (Å²) in [4.78, 5) is 9.81. The molecule has 1 atom stereocenters. The Bertz CT molecular complexity index is 440. The Labute approximate surface area is 87.8 Å². The zero-order valence-electron chi connectivity index (χ0n) is 8.16. The Kier molecular flexibility index (Phi) is 3.41. The summed E-state index contributed by atoms with van der Waals surface area (Å²) in [6.45, 7) is 1.48. The fourth-order valence-electron chi connectivity index (χ4n) is 1.25. The molecule has 0 saturated heterocycles. The molecule has 0 radical (unpaired) electrons. The van der Waals surface area contributed by atoms with Gasteiger partial charge in [0.05, 0.1) is 4.90 Å². The molecule has 0 saturated carbocycles. The first-order valence-corrected chi connectivity index (χ1v) is 5.97. The molecule has 0 unspecified atom stereocenters. The maximum absolute atomic E-state index is 11.8. The zero-order valence-corrected chi connectivity index (χ0v) is 8.98. The van der Waals surface area contributed by atoms with E-state index in [1.807, 2.05) is 0 Å². The predicted molar refractivity (Wildman–Crippen MR) is 54.7 cm³/mol. The van der Waals surface area contributed by atoms with Gasteiger partial charge >= 0.3 is 5.37 Å². The van der Waals surface area contributed by atoms with Gasteiger partial charge in [0.2, 0.25) is 9.84 Å². The van der Waals surface area contributed by atoms with Crippen LogP contribution in [-0.4, -0.2) is 18.7 Å². The highest BCUT2D eigenvalue weighted by Crippen LogP contribution is 2.18. The highest BCUT2D eigenvalue weighted by molar-refractivity contribution is 7.91. The number of hydrogen-bond donors (Lipinski definition) is 0. The van der Waals surface area contributed by atoms with Crippen LogP contribution in [0, 0.1) is 10.1 Å². The van der Waals surface area contributed by atoms with E-state index < -0.39 is 20.1 Å². The first-order chi connectivity index (χ1) is 7.00. The molecule has 0 N–H and O–H groups in total. The number of nitro groups is 1. The summed E-state index contributed by atoms with van der Waals surface area (Å²) in [5.74, 6) is 0. The second-order valence-electron chi connectivity index (χ2n) is 3.01. The number of rotatable bonds is 4. The molecular weight excluding hydrogens is 218 g/mol. The lowest BCUT2D eigenvalue weighted by atomic mass is 10.4. The fourth-order valence-corrected chi connectivity index (χ4v) is 2.77. The molecule has 1 aromatic carbocycles. The van der Waals surface area contributed by atoms with Crippen molar-refractivity contribution in [1.29, 1.82) is 0 Å². The van der Waals surface area contributed by atoms with E-state index in [9.17, 15) is 18.5 Å². The SMILES string of the molecule is CC[C@H]([N+](=O)[O-])S(=O)(=O)c1ccccc1. The van der Waals surface area contributed by atoms with Crippen molar-refractivity contribution in [3.8, 4) is 0 Å². The molecule has 0 aliphatic carbocycles. The first kappa shape index (κ1) is 11.6. The molecular formula is C9H11NO4S. The van der Waals surface area contributed by atoms with E-state index in [0.29, 0.717) is 0 Å². The van der Waals surface area contributed by atoms with Gasteiger partial charge in [0.15, 0.2) is 0 Å². The van der Waals surface area contributed by atoms with Crippen molar-refractivity contribution >= 4 is 9.84 Å². The van der Waals surface area contributed by atoms with E-state index in [2.05, 4.69) is 0 Å². The Hall–Kier alpha value is -1.43. The molecule has 0 amide bonds. The summed E-state index contributed by atoms with van der Waals surface area (Å²) < 4.78 is 23.5. The Morgan fingerprint density at radius 1 is 1.33 bits per heavy atom. The maximum Gasteiger partial charge on any atom is 0.314 e. The highest BCUT2D eigenvalue weighted by Gasteiger charge is 2.35. The lowest BCUT2D eigenvalue weighted by molar-refractivity contribution is -0.497. The van der Waals surface area contributed by atoms with Gasteiger partial charge in [-0.15, -0.1) is 0 Å². The third kappa shape index (κ3) is 2.33. The number of benzene rings is 1. The Morgan fingerprint density at radius 3 is 2.27 bits per heavy atom. The van der Waals surface area contributed by atoms with Crippen LogP contribution in [0.2, 0.25) is 0 Å². The number of hydrogen-bond acceptors (Lipinski definition) is 4. The summed E-state index contributed by atoms with van der Waals surface area (Å²) >= 11 is 0. The summed E-state index contributed by atoms with van der Waals surface area (Å²) in [5, 5.41) is 9.02. The molecule has 0 fully saturated rings. The van der Waals surface area contributed by atoms with E-state index in [1.54, 1.807) is 18.2 Å². The summed E-state index contributed by atoms with van der Waals surface area (Å²) in [7, 11) is -3.85. The number of sulfone groups is 1. The summed E-state index contributed by atoms with van der Waals surface area (Å²) in [6.07, 6.45) is -0.0375. The van der Waals surface area contributed by atoms with Gasteiger partial charge in [-0.3, -0.25) is 10.1 Å². The molecule has 15 heavy (non-hydrogen) atoms. The van der Waals surface area contributed by atoms with E-state index in [4.69, 9.17) is 0 Å². The lowest BCUT2D eigenvalue weighted by Gasteiger charge is -2.08. The highest BCUT2D eigenvalue weighted by atomic mass is 32.2. The average Bonchev–Trinajstić information content (AvgIpc) is 2.19. The standard InChI is InChI=1S/C9H11NO4S/c1-2-9(10(11)12)15(13,14)8-6-4-3-5-7-8/h3-7,9H,2H2,1H3/t9-/m1/s1. The molecule has 0 aliphatic rings. The molecule has 0 spiro atoms. The minimum Gasteiger partial charge on any atom is -0.263 e. The molecule has 0 aromatic heterocycles. The van der Waals surface area contributed by atoms with Crippen molar-refractivity contribution < 1.29 is 13.3 Å². The number of nitrogens with zero attached hydrogens (tertiary/aromatic N) is 1. The minimum atomic E-state index is -3.85. The second kappa shape index (κ2) is 4.39. The van der Waals surface area contributed by atoms with Crippen molar-refractivity contribution in [2.75, 3.05) is 0 Å². The molecule has 0 bridgehead atoms. The Balaban J connectivity index is 3.19. The van der Waals surface area contributed by atoms with Crippen LogP contribution in [0.25, 0.3) is 0 Å². The molecule has 1 aromatic rings. The molecule has 0 heterocycles. The van der Waals surface area contributed by atoms with Crippen molar-refractivity contribution in [1.82, 2.24) is 0 Å². The zero-order chi connectivity index (χ0) is 11.5. The summed E-state index contributed by atoms with van der Waals surface area (Å²) in [6, 6.07) is 7.47. The smallest absolute Gasteiger partial charge is 0.263 e. The van der Waals surface area contributed by atoms with Crippen LogP contribution < -0.4 is 0 Å². The Morgan fingerprint density at radius 2 is 1.87 bits per heavy atom. The molecule has 5 nitrogen and oxygen atoms in total. The first-order valence-electron chi connectivity index (χ1n) is 4.42. The van der Waals surface area contributed by atoms with E-state index in [1.165, 1.54) is 19.1 Å². The second-order valence-corrected chi connectivity index (χ2v) is 5.11. The van der Waals surface area contributed by atoms with Crippen LogP contribution in [0.5, 0.6) is 0 Å². The third-order valence-electron chi connectivity index (χ3n) is 2.01. The lowest BCUT2D eigenvalue weighted by Crippen LogP contribution is -2.28. The maximum atomic E-state index is 11.8. The van der Waals surface area contributed by atoms with Crippen molar-refractivity contribution in [2.45, 2.75) is 23.6 Å². The third-order valence-corrected chi connectivity index (χ3v) is 4.17. The van der Waals surface area contributed by atoms with Crippen molar-refractivity contribution in [2.24, 2.45) is 0 Å². The van der Waals surface area contributed by atoms with Gasteiger partial charge < -0.3 is 0 Å². The largest absolute Gasteiger partial charge is 0.314 e. The van der Waals surface area contributed by atoms with Gasteiger partial charge in [0.1, 0.15) is 0 Å². The molecule has 82 valence electrons. The van der Waals surface area contributed by atoms with Gasteiger partial charge in [-0.25, -0.2) is 8.42 Å². The fraction of sp³-hybridized carbons (Fsp3) is 0.333. The minimum absolute atomic E-state index is 0.00597. The van der Waals surface area contributed by atoms with Crippen LogP contribution >= 0.6 is 0 Å². The van der Waals surface area contributed by atoms with Gasteiger partial charge in [0, 0.05) is 11.3 Å². The van der Waals surface area contributed by atoms with Gasteiger partial charge in [-0.2, -0.15) is 0 Å². The van der Waals surface area contributed by atoms with Gasteiger partial charge in [0.25, 0.3) is 0 Å². The molecule has 1 rings (SSSR count). The van der Waals surface area contributed by atoms with Crippen LogP contribution in [0.3, 0.4) is 0 Å².